The van der Waals surface area contributed by atoms with E-state index in [0.717, 1.165) is 16.8 Å². The van der Waals surface area contributed by atoms with Gasteiger partial charge >= 0.3 is 0 Å². The molecule has 0 radical (unpaired) electrons. The zero-order valence-electron chi connectivity index (χ0n) is 12.4. The van der Waals surface area contributed by atoms with Crippen LogP contribution in [0.3, 0.4) is 0 Å². The Morgan fingerprint density at radius 3 is 2.40 bits per heavy atom. The Kier molecular flexibility index (Phi) is 5.54. The number of benzene rings is 2. The van der Waals surface area contributed by atoms with Gasteiger partial charge in [0.05, 0.1) is 21.2 Å². The van der Waals surface area contributed by atoms with Crippen LogP contribution in [0.25, 0.3) is 6.08 Å². The summed E-state index contributed by atoms with van der Waals surface area (Å²) in [5.41, 5.74) is 1.20. The third-order valence-corrected chi connectivity index (χ3v) is 5.19. The van der Waals surface area contributed by atoms with E-state index in [1.165, 1.54) is 18.3 Å². The molecular weight excluding hydrogens is 402 g/mol. The molecule has 1 aliphatic rings. The van der Waals surface area contributed by atoms with Gasteiger partial charge in [0, 0.05) is 5.56 Å². The summed E-state index contributed by atoms with van der Waals surface area (Å²) in [6.45, 7) is 0. The maximum atomic E-state index is 13.0. The lowest BCUT2D eigenvalue weighted by molar-refractivity contribution is -0.122. The highest BCUT2D eigenvalue weighted by atomic mass is 35.5. The molecule has 1 amide bonds. The number of carbonyl (C=O) groups excluding carboxylic acids is 1. The number of thioether (sulfide) groups is 1. The van der Waals surface area contributed by atoms with Crippen molar-refractivity contribution < 1.29 is 9.18 Å². The van der Waals surface area contributed by atoms with Crippen LogP contribution in [0.5, 0.6) is 0 Å². The predicted octanol–water partition coefficient (Wildman–Crippen LogP) is 5.37. The molecule has 0 aromatic heterocycles. The minimum atomic E-state index is -0.362. The van der Waals surface area contributed by atoms with E-state index in [1.807, 2.05) is 0 Å². The van der Waals surface area contributed by atoms with Crippen LogP contribution in [0.2, 0.25) is 10.0 Å². The van der Waals surface area contributed by atoms with Crippen LogP contribution in [0.4, 0.5) is 4.39 Å². The molecule has 0 N–H and O–H groups in total. The molecule has 2 aromatic rings. The highest BCUT2D eigenvalue weighted by Gasteiger charge is 2.32. The first kappa shape index (κ1) is 18.1. The van der Waals surface area contributed by atoms with Crippen molar-refractivity contribution in [2.45, 2.75) is 0 Å². The van der Waals surface area contributed by atoms with Crippen LogP contribution in [0.15, 0.2) is 52.5 Å². The van der Waals surface area contributed by atoms with E-state index >= 15 is 0 Å². The molecule has 0 spiro atoms. The third-order valence-electron chi connectivity index (χ3n) is 3.24. The molecule has 1 heterocycles. The molecular formula is C17H9Cl2FN2OS2. The predicted molar refractivity (Wildman–Crippen MR) is 105 cm³/mol. The quantitative estimate of drug-likeness (QED) is 0.387. The molecule has 3 rings (SSSR count). The number of carbonyl (C=O) groups is 1. The summed E-state index contributed by atoms with van der Waals surface area (Å²) in [7, 11) is 0. The lowest BCUT2D eigenvalue weighted by atomic mass is 10.2. The molecule has 0 bridgehead atoms. The van der Waals surface area contributed by atoms with Crippen LogP contribution in [0, 0.1) is 5.82 Å². The molecule has 0 unspecified atom stereocenters. The fourth-order valence-corrected chi connectivity index (χ4v) is 3.69. The number of hydrogen-bond acceptors (Lipinski definition) is 4. The van der Waals surface area contributed by atoms with E-state index in [-0.39, 0.29) is 16.0 Å². The largest absolute Gasteiger partial charge is 0.286 e. The molecule has 1 fully saturated rings. The third kappa shape index (κ3) is 4.10. The highest BCUT2D eigenvalue weighted by molar-refractivity contribution is 8.26. The second kappa shape index (κ2) is 7.66. The van der Waals surface area contributed by atoms with Gasteiger partial charge in [0.1, 0.15) is 5.82 Å². The van der Waals surface area contributed by atoms with Crippen LogP contribution < -0.4 is 0 Å². The van der Waals surface area contributed by atoms with Gasteiger partial charge in [-0.1, -0.05) is 53.2 Å². The van der Waals surface area contributed by atoms with Crippen molar-refractivity contribution in [2.24, 2.45) is 5.10 Å². The molecule has 0 saturated carbocycles. The Hall–Kier alpha value is -1.73. The Labute approximate surface area is 163 Å². The zero-order chi connectivity index (χ0) is 18.0. The van der Waals surface area contributed by atoms with E-state index in [2.05, 4.69) is 5.10 Å². The molecule has 3 nitrogen and oxygen atoms in total. The van der Waals surface area contributed by atoms with Crippen molar-refractivity contribution in [2.75, 3.05) is 0 Å². The summed E-state index contributed by atoms with van der Waals surface area (Å²) >= 11 is 18.5. The van der Waals surface area contributed by atoms with Gasteiger partial charge in [-0.05, 0) is 48.1 Å². The number of hydrazone groups is 1. The summed E-state index contributed by atoms with van der Waals surface area (Å²) < 4.78 is 13.3. The fraction of sp³-hybridized carbons (Fsp3) is 0. The van der Waals surface area contributed by atoms with E-state index in [0.29, 0.717) is 26.1 Å². The second-order valence-corrected chi connectivity index (χ2v) is 7.42. The summed E-state index contributed by atoms with van der Waals surface area (Å²) in [6.07, 6.45) is 3.03. The van der Waals surface area contributed by atoms with Crippen molar-refractivity contribution in [1.29, 1.82) is 0 Å². The van der Waals surface area contributed by atoms with Crippen LogP contribution >= 0.6 is 47.2 Å². The normalized spacial score (nSPS) is 16.4. The zero-order valence-corrected chi connectivity index (χ0v) is 15.6. The standard InChI is InChI=1S/C17H9Cl2FN2OS2/c18-13-2-1-3-14(19)12(13)9-21-22-16(23)15(25-17(22)24)8-10-4-6-11(20)7-5-10/h1-9H/b15-8+,21-9+. The second-order valence-electron chi connectivity index (χ2n) is 4.92. The van der Waals surface area contributed by atoms with Gasteiger partial charge < -0.3 is 0 Å². The summed E-state index contributed by atoms with van der Waals surface area (Å²) in [5, 5.41) is 6.06. The van der Waals surface area contributed by atoms with Gasteiger partial charge in [-0.3, -0.25) is 4.79 Å². The molecule has 2 aromatic carbocycles. The minimum absolute atomic E-state index is 0.290. The van der Waals surface area contributed by atoms with Crippen molar-refractivity contribution in [3.05, 3.63) is 74.4 Å². The number of thiocarbonyl (C=S) groups is 1. The van der Waals surface area contributed by atoms with Crippen LogP contribution in [-0.2, 0) is 4.79 Å². The van der Waals surface area contributed by atoms with E-state index in [4.69, 9.17) is 35.4 Å². The van der Waals surface area contributed by atoms with Gasteiger partial charge in [-0.25, -0.2) is 4.39 Å². The maximum absolute atomic E-state index is 13.0. The smallest absolute Gasteiger partial charge is 0.266 e. The van der Waals surface area contributed by atoms with Gasteiger partial charge in [-0.15, -0.1) is 0 Å². The van der Waals surface area contributed by atoms with Crippen molar-refractivity contribution in [1.82, 2.24) is 5.01 Å². The first-order valence-corrected chi connectivity index (χ1v) is 8.95. The molecule has 0 aliphatic carbocycles. The Bertz CT molecular complexity index is 893. The van der Waals surface area contributed by atoms with E-state index < -0.39 is 0 Å². The van der Waals surface area contributed by atoms with Gasteiger partial charge in [0.25, 0.3) is 5.91 Å². The number of halogens is 3. The number of rotatable bonds is 3. The van der Waals surface area contributed by atoms with Crippen LogP contribution in [0.1, 0.15) is 11.1 Å². The average Bonchev–Trinajstić information content (AvgIpc) is 2.83. The SMILES string of the molecule is O=C1/C(=C\c2ccc(F)cc2)SC(=S)N1/N=C/c1c(Cl)cccc1Cl. The van der Waals surface area contributed by atoms with Gasteiger partial charge in [0.2, 0.25) is 0 Å². The Balaban J connectivity index is 1.84. The van der Waals surface area contributed by atoms with Gasteiger partial charge in [-0.2, -0.15) is 10.1 Å². The monoisotopic (exact) mass is 410 g/mol. The molecule has 0 atom stereocenters. The van der Waals surface area contributed by atoms with E-state index in [1.54, 1.807) is 36.4 Å². The lowest BCUT2D eigenvalue weighted by Gasteiger charge is -2.07. The fourth-order valence-electron chi connectivity index (χ4n) is 2.02. The topological polar surface area (TPSA) is 32.7 Å². The van der Waals surface area contributed by atoms with E-state index in [9.17, 15) is 9.18 Å². The average molecular weight is 411 g/mol. The van der Waals surface area contributed by atoms with Gasteiger partial charge in [0.15, 0.2) is 4.32 Å². The summed E-state index contributed by atoms with van der Waals surface area (Å²) in [5.74, 6) is -0.704. The molecule has 8 heteroatoms. The number of hydrogen-bond donors (Lipinski definition) is 0. The summed E-state index contributed by atoms with van der Waals surface area (Å²) in [4.78, 5) is 12.9. The molecule has 126 valence electrons. The van der Waals surface area contributed by atoms with Crippen molar-refractivity contribution in [3.8, 4) is 0 Å². The lowest BCUT2D eigenvalue weighted by Crippen LogP contribution is -2.22. The van der Waals surface area contributed by atoms with Crippen LogP contribution in [-0.4, -0.2) is 21.5 Å². The Morgan fingerprint density at radius 1 is 1.12 bits per heavy atom. The van der Waals surface area contributed by atoms with Crippen molar-refractivity contribution >= 4 is 69.7 Å². The number of nitrogens with zero attached hydrogens (tertiary/aromatic N) is 2. The minimum Gasteiger partial charge on any atom is -0.266 e. The molecule has 1 aliphatic heterocycles. The highest BCUT2D eigenvalue weighted by Crippen LogP contribution is 2.33. The first-order valence-electron chi connectivity index (χ1n) is 6.97. The maximum Gasteiger partial charge on any atom is 0.286 e. The first-order chi connectivity index (χ1) is 12.0. The molecule has 25 heavy (non-hydrogen) atoms. The Morgan fingerprint density at radius 2 is 1.76 bits per heavy atom. The molecule has 1 saturated heterocycles. The van der Waals surface area contributed by atoms with Crippen molar-refractivity contribution in [3.63, 3.8) is 0 Å². The number of amides is 1. The summed E-state index contributed by atoms with van der Waals surface area (Å²) in [6, 6.07) is 10.9.